The van der Waals surface area contributed by atoms with Crippen molar-refractivity contribution >= 4 is 45.2 Å². The van der Waals surface area contributed by atoms with Gasteiger partial charge in [-0.15, -0.1) is 0 Å². The molecule has 0 N–H and O–H groups in total. The van der Waals surface area contributed by atoms with Crippen LogP contribution in [0, 0.1) is 10.8 Å². The largest absolute Gasteiger partial charge is 0.348 e. The topological polar surface area (TPSA) is 18.5 Å². The van der Waals surface area contributed by atoms with Crippen LogP contribution < -0.4 is 0 Å². The predicted molar refractivity (Wildman–Crippen MR) is 102 cm³/mol. The normalized spacial score (nSPS) is 42.3. The first-order valence-corrected chi connectivity index (χ1v) is 9.93. The van der Waals surface area contributed by atoms with Crippen molar-refractivity contribution in [3.8, 4) is 0 Å². The first-order chi connectivity index (χ1) is 9.83. The predicted octanol–water partition coefficient (Wildman–Crippen LogP) is 5.14. The Morgan fingerprint density at radius 1 is 1.10 bits per heavy atom. The summed E-state index contributed by atoms with van der Waals surface area (Å²) in [6.07, 6.45) is 1.19. The quantitative estimate of drug-likeness (QED) is 0.384. The fourth-order valence-electron chi connectivity index (χ4n) is 3.80. The first kappa shape index (κ1) is 16.5. The summed E-state index contributed by atoms with van der Waals surface area (Å²) >= 11 is 5.21. The Kier molecular flexibility index (Phi) is 4.63. The minimum atomic E-state index is -0.216. The summed E-state index contributed by atoms with van der Waals surface area (Å²) in [6, 6.07) is 10.3. The standard InChI is InChI=1S/C17H22I2O2/c1-16(2)9-17(3)10-20-15(11-7-5-4-6-8-11)21-14(17)12(18)13(16)19/h4-8,12-15H,9-10H2,1-3H3. The van der Waals surface area contributed by atoms with Crippen molar-refractivity contribution in [1.29, 1.82) is 0 Å². The highest BCUT2D eigenvalue weighted by Crippen LogP contribution is 2.55. The summed E-state index contributed by atoms with van der Waals surface area (Å²) in [7, 11) is 0. The molecular formula is C17H22I2O2. The molecule has 1 aromatic rings. The third-order valence-electron chi connectivity index (χ3n) is 4.77. The maximum atomic E-state index is 6.42. The van der Waals surface area contributed by atoms with Crippen molar-refractivity contribution in [2.24, 2.45) is 10.8 Å². The number of halogens is 2. The van der Waals surface area contributed by atoms with Gasteiger partial charge < -0.3 is 9.47 Å². The lowest BCUT2D eigenvalue weighted by Gasteiger charge is -2.56. The van der Waals surface area contributed by atoms with E-state index in [-0.39, 0.29) is 17.8 Å². The van der Waals surface area contributed by atoms with E-state index in [0.29, 0.717) is 13.3 Å². The van der Waals surface area contributed by atoms with E-state index in [1.165, 1.54) is 0 Å². The number of benzene rings is 1. The van der Waals surface area contributed by atoms with Gasteiger partial charge in [0.1, 0.15) is 0 Å². The van der Waals surface area contributed by atoms with E-state index < -0.39 is 0 Å². The molecule has 5 unspecified atom stereocenters. The second-order valence-corrected chi connectivity index (χ2v) is 10.1. The first-order valence-electron chi connectivity index (χ1n) is 7.44. The lowest BCUT2D eigenvalue weighted by Crippen LogP contribution is -2.59. The Morgan fingerprint density at radius 3 is 2.43 bits per heavy atom. The maximum absolute atomic E-state index is 6.42. The van der Waals surface area contributed by atoms with Gasteiger partial charge in [-0.1, -0.05) is 96.3 Å². The maximum Gasteiger partial charge on any atom is 0.184 e. The summed E-state index contributed by atoms with van der Waals surface area (Å²) < 4.78 is 13.6. The van der Waals surface area contributed by atoms with Crippen LogP contribution in [0.15, 0.2) is 30.3 Å². The highest BCUT2D eigenvalue weighted by Gasteiger charge is 2.56. The van der Waals surface area contributed by atoms with Crippen LogP contribution >= 0.6 is 45.2 Å². The number of alkyl halides is 2. The zero-order chi connectivity index (χ0) is 15.3. The van der Waals surface area contributed by atoms with Crippen LogP contribution in [-0.4, -0.2) is 20.6 Å². The van der Waals surface area contributed by atoms with Crippen LogP contribution in [0.4, 0.5) is 0 Å². The molecule has 1 aromatic carbocycles. The SMILES string of the molecule is CC1(C)CC2(C)COC(c3ccccc3)OC2C(I)C1I. The molecule has 0 radical (unpaired) electrons. The molecule has 21 heavy (non-hydrogen) atoms. The molecule has 0 bridgehead atoms. The van der Waals surface area contributed by atoms with E-state index in [2.05, 4.69) is 78.1 Å². The van der Waals surface area contributed by atoms with E-state index in [1.54, 1.807) is 0 Å². The molecule has 2 nitrogen and oxygen atoms in total. The van der Waals surface area contributed by atoms with Crippen LogP contribution in [-0.2, 0) is 9.47 Å². The summed E-state index contributed by atoms with van der Waals surface area (Å²) in [6.45, 7) is 7.86. The van der Waals surface area contributed by atoms with Crippen LogP contribution in [0.25, 0.3) is 0 Å². The third-order valence-corrected chi connectivity index (χ3v) is 9.98. The van der Waals surface area contributed by atoms with E-state index in [1.807, 2.05) is 18.2 Å². The number of hydrogen-bond acceptors (Lipinski definition) is 2. The average Bonchev–Trinajstić information content (AvgIpc) is 2.45. The van der Waals surface area contributed by atoms with Gasteiger partial charge in [-0.2, -0.15) is 0 Å². The van der Waals surface area contributed by atoms with Crippen LogP contribution in [0.5, 0.6) is 0 Å². The molecule has 0 aromatic heterocycles. The molecule has 1 aliphatic carbocycles. The molecular weight excluding hydrogens is 490 g/mol. The smallest absolute Gasteiger partial charge is 0.184 e. The minimum absolute atomic E-state index is 0.113. The van der Waals surface area contributed by atoms with Crippen molar-refractivity contribution in [2.75, 3.05) is 6.61 Å². The molecule has 1 saturated carbocycles. The molecule has 2 fully saturated rings. The van der Waals surface area contributed by atoms with Gasteiger partial charge in [0.15, 0.2) is 6.29 Å². The van der Waals surface area contributed by atoms with Gasteiger partial charge in [-0.3, -0.25) is 0 Å². The molecule has 1 saturated heterocycles. The van der Waals surface area contributed by atoms with E-state index in [4.69, 9.17) is 9.47 Å². The van der Waals surface area contributed by atoms with Gasteiger partial charge in [-0.05, 0) is 11.8 Å². The van der Waals surface area contributed by atoms with Crippen LogP contribution in [0.2, 0.25) is 0 Å². The van der Waals surface area contributed by atoms with E-state index in [9.17, 15) is 0 Å². The Hall–Kier alpha value is 0.600. The van der Waals surface area contributed by atoms with Crippen LogP contribution in [0.3, 0.4) is 0 Å². The number of ether oxygens (including phenoxy) is 2. The van der Waals surface area contributed by atoms with E-state index >= 15 is 0 Å². The summed E-state index contributed by atoms with van der Waals surface area (Å²) in [5, 5.41) is 0. The highest BCUT2D eigenvalue weighted by atomic mass is 127. The molecule has 2 aliphatic rings. The summed E-state index contributed by atoms with van der Waals surface area (Å²) in [5.41, 5.74) is 1.56. The molecule has 5 atom stereocenters. The van der Waals surface area contributed by atoms with E-state index in [0.717, 1.165) is 18.6 Å². The van der Waals surface area contributed by atoms with Crippen LogP contribution in [0.1, 0.15) is 39.0 Å². The summed E-state index contributed by atoms with van der Waals surface area (Å²) in [5.74, 6) is 0. The molecule has 0 amide bonds. The van der Waals surface area contributed by atoms with Gasteiger partial charge in [0.05, 0.1) is 16.6 Å². The summed E-state index contributed by atoms with van der Waals surface area (Å²) in [4.78, 5) is 0. The Bertz CT molecular complexity index is 505. The number of hydrogen-bond donors (Lipinski definition) is 0. The van der Waals surface area contributed by atoms with Gasteiger partial charge in [0.25, 0.3) is 0 Å². The molecule has 1 heterocycles. The molecule has 4 heteroatoms. The van der Waals surface area contributed by atoms with Crippen molar-refractivity contribution in [3.05, 3.63) is 35.9 Å². The Balaban J connectivity index is 1.85. The third kappa shape index (κ3) is 3.02. The Morgan fingerprint density at radius 2 is 1.76 bits per heavy atom. The fourth-order valence-corrected chi connectivity index (χ4v) is 6.41. The van der Waals surface area contributed by atoms with Gasteiger partial charge in [0, 0.05) is 14.9 Å². The molecule has 0 spiro atoms. The number of rotatable bonds is 1. The Labute approximate surface area is 154 Å². The lowest BCUT2D eigenvalue weighted by atomic mass is 9.63. The van der Waals surface area contributed by atoms with Gasteiger partial charge >= 0.3 is 0 Å². The minimum Gasteiger partial charge on any atom is -0.348 e. The fraction of sp³-hybridized carbons (Fsp3) is 0.647. The zero-order valence-electron chi connectivity index (χ0n) is 12.7. The average molecular weight is 512 g/mol. The van der Waals surface area contributed by atoms with Crippen molar-refractivity contribution in [1.82, 2.24) is 0 Å². The monoisotopic (exact) mass is 512 g/mol. The zero-order valence-corrected chi connectivity index (χ0v) is 17.0. The number of fused-ring (bicyclic) bond motifs is 1. The lowest BCUT2D eigenvalue weighted by molar-refractivity contribution is -0.280. The second-order valence-electron chi connectivity index (χ2n) is 7.28. The molecule has 1 aliphatic heterocycles. The van der Waals surface area contributed by atoms with Gasteiger partial charge in [0.2, 0.25) is 0 Å². The van der Waals surface area contributed by atoms with Gasteiger partial charge in [-0.25, -0.2) is 0 Å². The second kappa shape index (κ2) is 5.91. The highest BCUT2D eigenvalue weighted by molar-refractivity contribution is 14.1. The molecule has 116 valence electrons. The molecule has 3 rings (SSSR count). The van der Waals surface area contributed by atoms with Crippen molar-refractivity contribution in [3.63, 3.8) is 0 Å². The van der Waals surface area contributed by atoms with Crippen molar-refractivity contribution < 1.29 is 9.47 Å². The van der Waals surface area contributed by atoms with Crippen molar-refractivity contribution in [2.45, 2.75) is 47.4 Å².